The third-order valence-electron chi connectivity index (χ3n) is 5.71. The first-order chi connectivity index (χ1) is 17.2. The van der Waals surface area contributed by atoms with Gasteiger partial charge in [0.25, 0.3) is 0 Å². The van der Waals surface area contributed by atoms with Crippen molar-refractivity contribution in [1.82, 2.24) is 5.16 Å². The number of hydrogen-bond donors (Lipinski definition) is 0. The lowest BCUT2D eigenvalue weighted by Gasteiger charge is -2.11. The van der Waals surface area contributed by atoms with Crippen LogP contribution in [0.1, 0.15) is 29.7 Å². The highest BCUT2D eigenvalue weighted by atomic mass is 19.4. The van der Waals surface area contributed by atoms with Gasteiger partial charge >= 0.3 is 6.18 Å². The average Bonchev–Trinajstić information content (AvgIpc) is 3.44. The van der Waals surface area contributed by atoms with Crippen LogP contribution < -0.4 is 0 Å². The first-order valence-electron chi connectivity index (χ1n) is 10.9. The maximum Gasteiger partial charge on any atom is 0.417 e. The van der Waals surface area contributed by atoms with Crippen molar-refractivity contribution in [1.29, 1.82) is 0 Å². The summed E-state index contributed by atoms with van der Waals surface area (Å²) in [5, 5.41) is 3.74. The van der Waals surface area contributed by atoms with Gasteiger partial charge in [-0.1, -0.05) is 17.3 Å². The fourth-order valence-electron chi connectivity index (χ4n) is 3.97. The number of nitrogens with zero attached hydrogens (tertiary/aromatic N) is 4. The van der Waals surface area contributed by atoms with Crippen LogP contribution in [-0.4, -0.2) is 29.0 Å². The summed E-state index contributed by atoms with van der Waals surface area (Å²) in [4.78, 5) is 13.1. The van der Waals surface area contributed by atoms with E-state index in [0.717, 1.165) is 18.2 Å². The van der Waals surface area contributed by atoms with Crippen molar-refractivity contribution in [3.8, 4) is 11.3 Å². The normalized spacial score (nSPS) is 17.7. The van der Waals surface area contributed by atoms with Gasteiger partial charge in [-0.15, -0.1) is 0 Å². The summed E-state index contributed by atoms with van der Waals surface area (Å²) in [5.74, 6) is -2.70. The topological polar surface area (TPSA) is 63.1 Å². The minimum Gasteiger partial charge on any atom is -0.361 e. The fourth-order valence-corrected chi connectivity index (χ4v) is 3.97. The zero-order valence-corrected chi connectivity index (χ0v) is 18.4. The van der Waals surface area contributed by atoms with E-state index in [1.807, 2.05) is 0 Å². The van der Waals surface area contributed by atoms with E-state index in [1.54, 1.807) is 6.08 Å². The van der Waals surface area contributed by atoms with Crippen molar-refractivity contribution < 1.29 is 30.9 Å². The van der Waals surface area contributed by atoms with Crippen LogP contribution >= 0.6 is 0 Å². The molecule has 0 aliphatic carbocycles. The van der Waals surface area contributed by atoms with Crippen LogP contribution in [0.2, 0.25) is 0 Å². The molecule has 184 valence electrons. The molecule has 0 spiro atoms. The maximum atomic E-state index is 14.2. The minimum absolute atomic E-state index is 0.0396. The van der Waals surface area contributed by atoms with E-state index in [0.29, 0.717) is 36.1 Å². The molecule has 0 amide bonds. The Kier molecular flexibility index (Phi) is 6.07. The number of halogens is 6. The van der Waals surface area contributed by atoms with Gasteiger partial charge in [0.1, 0.15) is 23.0 Å². The lowest BCUT2D eigenvalue weighted by atomic mass is 10.0. The van der Waals surface area contributed by atoms with Gasteiger partial charge in [-0.25, -0.2) is 23.2 Å². The lowest BCUT2D eigenvalue weighted by molar-refractivity contribution is -0.137. The van der Waals surface area contributed by atoms with Gasteiger partial charge in [-0.2, -0.15) is 13.2 Å². The van der Waals surface area contributed by atoms with Crippen LogP contribution in [-0.2, 0) is 12.6 Å². The Hall–Kier alpha value is -4.02. The number of rotatable bonds is 4. The molecule has 3 heterocycles. The molecule has 0 saturated heterocycles. The molecule has 1 unspecified atom stereocenters. The third-order valence-corrected chi connectivity index (χ3v) is 5.71. The summed E-state index contributed by atoms with van der Waals surface area (Å²) < 4.78 is 86.5. The number of fused-ring (bicyclic) bond motifs is 1. The van der Waals surface area contributed by atoms with Crippen LogP contribution in [0.25, 0.3) is 11.3 Å². The molecule has 1 atom stereocenters. The van der Waals surface area contributed by atoms with Crippen LogP contribution in [0, 0.1) is 17.5 Å². The first-order valence-corrected chi connectivity index (χ1v) is 10.9. The Morgan fingerprint density at radius 3 is 2.61 bits per heavy atom. The Balaban J connectivity index is 1.34. The van der Waals surface area contributed by atoms with Crippen molar-refractivity contribution in [2.75, 3.05) is 0 Å². The minimum atomic E-state index is -4.76. The molecule has 11 heteroatoms. The van der Waals surface area contributed by atoms with Gasteiger partial charge in [0.2, 0.25) is 0 Å². The largest absolute Gasteiger partial charge is 0.417 e. The summed E-state index contributed by atoms with van der Waals surface area (Å²) in [6, 6.07) is 7.17. The summed E-state index contributed by atoms with van der Waals surface area (Å²) in [7, 11) is 0. The highest BCUT2D eigenvalue weighted by Gasteiger charge is 2.35. The second-order valence-electron chi connectivity index (χ2n) is 8.20. The number of aliphatic imine (C=N–C) groups is 3. The number of amidine groups is 1. The Morgan fingerprint density at radius 2 is 1.81 bits per heavy atom. The van der Waals surface area contributed by atoms with Gasteiger partial charge in [0.15, 0.2) is 17.5 Å². The Bertz CT molecular complexity index is 1450. The number of benzene rings is 2. The molecule has 5 rings (SSSR count). The van der Waals surface area contributed by atoms with Crippen molar-refractivity contribution >= 4 is 17.8 Å². The molecule has 0 saturated carbocycles. The van der Waals surface area contributed by atoms with Gasteiger partial charge in [-0.05, 0) is 43.2 Å². The van der Waals surface area contributed by atoms with Gasteiger partial charge < -0.3 is 4.52 Å². The fraction of sp³-hybridized carbons (Fsp3) is 0.200. The molecule has 3 aromatic rings. The maximum absolute atomic E-state index is 14.2. The summed E-state index contributed by atoms with van der Waals surface area (Å²) >= 11 is 0. The summed E-state index contributed by atoms with van der Waals surface area (Å²) in [6.07, 6.45) is -0.136. The van der Waals surface area contributed by atoms with Gasteiger partial charge in [0, 0.05) is 24.3 Å². The highest BCUT2D eigenvalue weighted by molar-refractivity contribution is 6.43. The highest BCUT2D eigenvalue weighted by Crippen LogP contribution is 2.37. The van der Waals surface area contributed by atoms with Crippen molar-refractivity contribution in [2.45, 2.75) is 31.5 Å². The Morgan fingerprint density at radius 1 is 0.972 bits per heavy atom. The van der Waals surface area contributed by atoms with Crippen molar-refractivity contribution in [3.63, 3.8) is 0 Å². The van der Waals surface area contributed by atoms with Crippen LogP contribution in [0.3, 0.4) is 0 Å². The molecule has 5 nitrogen and oxygen atoms in total. The smallest absolute Gasteiger partial charge is 0.361 e. The molecule has 2 aromatic carbocycles. The summed E-state index contributed by atoms with van der Waals surface area (Å²) in [6.45, 7) is 0. The van der Waals surface area contributed by atoms with Crippen molar-refractivity contribution in [2.24, 2.45) is 15.0 Å². The molecular formula is C25H16F6N4O. The zero-order chi connectivity index (χ0) is 25.4. The van der Waals surface area contributed by atoms with E-state index in [4.69, 9.17) is 4.52 Å². The quantitative estimate of drug-likeness (QED) is 0.391. The number of aromatic nitrogens is 1. The molecule has 0 bridgehead atoms. The number of alkyl halides is 3. The third kappa shape index (κ3) is 4.73. The van der Waals surface area contributed by atoms with Crippen LogP contribution in [0.15, 0.2) is 73.7 Å². The zero-order valence-electron chi connectivity index (χ0n) is 18.4. The predicted octanol–water partition coefficient (Wildman–Crippen LogP) is 6.34. The molecule has 2 aliphatic rings. The molecule has 0 radical (unpaired) electrons. The van der Waals surface area contributed by atoms with Crippen LogP contribution in [0.4, 0.5) is 26.3 Å². The number of hydrogen-bond acceptors (Lipinski definition) is 5. The SMILES string of the molecule is Fc1ccc(-c2cc(CC3CCC=C4N=C(c5cccc(F)c5F)N=C4C=N3)on2)c(C(F)(F)F)c1. The van der Waals surface area contributed by atoms with E-state index in [1.165, 1.54) is 24.4 Å². The predicted molar refractivity (Wildman–Crippen MR) is 121 cm³/mol. The van der Waals surface area contributed by atoms with E-state index in [9.17, 15) is 26.3 Å². The Labute approximate surface area is 200 Å². The average molecular weight is 502 g/mol. The second-order valence-corrected chi connectivity index (χ2v) is 8.20. The number of allylic oxidation sites excluding steroid dienone is 2. The molecule has 1 aromatic heterocycles. The van der Waals surface area contributed by atoms with E-state index >= 15 is 0 Å². The second kappa shape index (κ2) is 9.21. The summed E-state index contributed by atoms with van der Waals surface area (Å²) in [5.41, 5.74) is -0.680. The first kappa shape index (κ1) is 23.7. The molecule has 0 N–H and O–H groups in total. The molecule has 36 heavy (non-hydrogen) atoms. The lowest BCUT2D eigenvalue weighted by Crippen LogP contribution is -2.13. The molecule has 0 fully saturated rings. The molecule has 2 aliphatic heterocycles. The van der Waals surface area contributed by atoms with Crippen LogP contribution in [0.5, 0.6) is 0 Å². The van der Waals surface area contributed by atoms with E-state index < -0.39 is 29.2 Å². The van der Waals surface area contributed by atoms with Crippen molar-refractivity contribution in [3.05, 3.63) is 88.6 Å². The van der Waals surface area contributed by atoms with E-state index in [2.05, 4.69) is 20.1 Å². The van der Waals surface area contributed by atoms with E-state index in [-0.39, 0.29) is 35.1 Å². The standard InChI is InChI=1S/C25H16F6N4O/c26-13-7-8-16(18(9-13)25(29,30)31)21-11-15(36-35-21)10-14-3-1-6-20-22(12-32-14)34-24(33-20)17-4-2-5-19(27)23(17)28/h2,4-9,11-12,14H,1,3,10H2. The van der Waals surface area contributed by atoms with Gasteiger partial charge in [0.05, 0.1) is 22.9 Å². The monoisotopic (exact) mass is 502 g/mol. The van der Waals surface area contributed by atoms with Gasteiger partial charge in [-0.3, -0.25) is 4.99 Å². The molecular weight excluding hydrogens is 486 g/mol.